The van der Waals surface area contributed by atoms with Crippen LogP contribution >= 0.6 is 0 Å². The van der Waals surface area contributed by atoms with Crippen molar-refractivity contribution < 1.29 is 9.53 Å². The standard InChI is InChI=1S/C47H80O2/c1-8-10-11-12-13-14-15-16-17-18-19-20-21-22-23-24-45(48)49-40-31-33-46(6)39(35-40)27-28-41-43-30-29-42(47(43,7)34-32-44(41)46)37(5)25-26-38(9-2)36(3)4/h16-17,25-27,36-38,40-44H,8-15,18-24,28-35H2,1-7H3/b17-16+,26-25+/t37-,38-,40+,41+,42-,43+,44+,46+,47-/m1/s1. The van der Waals surface area contributed by atoms with Crippen LogP contribution in [0.5, 0.6) is 0 Å². The number of fused-ring (bicyclic) bond motifs is 5. The Balaban J connectivity index is 1.15. The monoisotopic (exact) mass is 677 g/mol. The molecule has 0 bridgehead atoms. The van der Waals surface area contributed by atoms with Gasteiger partial charge >= 0.3 is 5.97 Å². The van der Waals surface area contributed by atoms with Crippen molar-refractivity contribution in [1.82, 2.24) is 0 Å². The molecule has 3 fully saturated rings. The Labute approximate surface area is 305 Å². The topological polar surface area (TPSA) is 26.3 Å². The number of rotatable bonds is 21. The Hall–Kier alpha value is -1.31. The van der Waals surface area contributed by atoms with Crippen molar-refractivity contribution in [3.05, 3.63) is 36.0 Å². The molecule has 49 heavy (non-hydrogen) atoms. The fraction of sp³-hybridized carbons (Fsp3) is 0.851. The molecule has 280 valence electrons. The summed E-state index contributed by atoms with van der Waals surface area (Å²) in [7, 11) is 0. The van der Waals surface area contributed by atoms with E-state index in [2.05, 4.69) is 78.8 Å². The highest BCUT2D eigenvalue weighted by atomic mass is 16.5. The molecule has 0 radical (unpaired) electrons. The van der Waals surface area contributed by atoms with Crippen LogP contribution in [0.1, 0.15) is 196 Å². The van der Waals surface area contributed by atoms with E-state index in [1.165, 1.54) is 116 Å². The Bertz CT molecular complexity index is 1070. The van der Waals surface area contributed by atoms with E-state index in [4.69, 9.17) is 4.74 Å². The molecule has 0 aromatic carbocycles. The van der Waals surface area contributed by atoms with Crippen LogP contribution in [0.4, 0.5) is 0 Å². The molecule has 9 atom stereocenters. The van der Waals surface area contributed by atoms with Gasteiger partial charge in [0, 0.05) is 12.8 Å². The maximum Gasteiger partial charge on any atom is 0.306 e. The van der Waals surface area contributed by atoms with Gasteiger partial charge in [0.15, 0.2) is 0 Å². The lowest BCUT2D eigenvalue weighted by atomic mass is 9.47. The lowest BCUT2D eigenvalue weighted by Crippen LogP contribution is -2.51. The van der Waals surface area contributed by atoms with E-state index in [1.807, 2.05) is 0 Å². The number of allylic oxidation sites excluding steroid dienone is 5. The third kappa shape index (κ3) is 10.9. The van der Waals surface area contributed by atoms with Crippen molar-refractivity contribution >= 4 is 5.97 Å². The fourth-order valence-corrected chi connectivity index (χ4v) is 11.5. The van der Waals surface area contributed by atoms with Gasteiger partial charge in [-0.15, -0.1) is 0 Å². The van der Waals surface area contributed by atoms with E-state index >= 15 is 0 Å². The third-order valence-electron chi connectivity index (χ3n) is 14.7. The predicted octanol–water partition coefficient (Wildman–Crippen LogP) is 14.4. The van der Waals surface area contributed by atoms with Gasteiger partial charge in [-0.05, 0) is 136 Å². The maximum atomic E-state index is 12.8. The first kappa shape index (κ1) is 40.5. The quantitative estimate of drug-likeness (QED) is 0.0687. The summed E-state index contributed by atoms with van der Waals surface area (Å²) in [5, 5.41) is 0. The van der Waals surface area contributed by atoms with Crippen molar-refractivity contribution in [2.45, 2.75) is 202 Å². The van der Waals surface area contributed by atoms with E-state index < -0.39 is 0 Å². The number of esters is 1. The minimum atomic E-state index is 0.0489. The molecule has 0 heterocycles. The van der Waals surface area contributed by atoms with Crippen molar-refractivity contribution in [2.75, 3.05) is 0 Å². The summed E-state index contributed by atoms with van der Waals surface area (Å²) < 4.78 is 6.13. The Morgan fingerprint density at radius 2 is 1.49 bits per heavy atom. The molecule has 2 nitrogen and oxygen atoms in total. The van der Waals surface area contributed by atoms with E-state index in [0.717, 1.165) is 55.3 Å². The summed E-state index contributed by atoms with van der Waals surface area (Å²) >= 11 is 0. The van der Waals surface area contributed by atoms with Crippen LogP contribution in [-0.4, -0.2) is 12.1 Å². The molecule has 0 amide bonds. The van der Waals surface area contributed by atoms with Gasteiger partial charge in [0.25, 0.3) is 0 Å². The number of hydrogen-bond acceptors (Lipinski definition) is 2. The molecular weight excluding hydrogens is 597 g/mol. The van der Waals surface area contributed by atoms with Crippen LogP contribution < -0.4 is 0 Å². The smallest absolute Gasteiger partial charge is 0.306 e. The number of ether oxygens (including phenoxy) is 1. The van der Waals surface area contributed by atoms with Crippen molar-refractivity contribution in [3.63, 3.8) is 0 Å². The molecule has 0 N–H and O–H groups in total. The van der Waals surface area contributed by atoms with Crippen LogP contribution in [-0.2, 0) is 9.53 Å². The maximum absolute atomic E-state index is 12.8. The van der Waals surface area contributed by atoms with Crippen LogP contribution in [0.25, 0.3) is 0 Å². The number of hydrogen-bond donors (Lipinski definition) is 0. The second-order valence-corrected chi connectivity index (χ2v) is 18.2. The zero-order valence-corrected chi connectivity index (χ0v) is 33.6. The molecule has 4 aliphatic carbocycles. The molecule has 0 unspecified atom stereocenters. The minimum Gasteiger partial charge on any atom is -0.462 e. The number of carbonyl (C=O) groups excluding carboxylic acids is 1. The fourth-order valence-electron chi connectivity index (χ4n) is 11.5. The van der Waals surface area contributed by atoms with Gasteiger partial charge < -0.3 is 4.74 Å². The van der Waals surface area contributed by atoms with E-state index in [1.54, 1.807) is 5.57 Å². The molecular formula is C47H80O2. The van der Waals surface area contributed by atoms with Crippen LogP contribution in [0.2, 0.25) is 0 Å². The Kier molecular flexibility index (Phi) is 16.6. The second kappa shape index (κ2) is 20.1. The lowest BCUT2D eigenvalue weighted by Gasteiger charge is -2.58. The Morgan fingerprint density at radius 3 is 2.16 bits per heavy atom. The molecule has 4 aliphatic rings. The summed E-state index contributed by atoms with van der Waals surface area (Å²) in [5.74, 6) is 5.53. The first-order valence-electron chi connectivity index (χ1n) is 21.9. The van der Waals surface area contributed by atoms with Gasteiger partial charge in [-0.3, -0.25) is 4.79 Å². The van der Waals surface area contributed by atoms with E-state index in [9.17, 15) is 4.79 Å². The summed E-state index contributed by atoms with van der Waals surface area (Å²) in [6.45, 7) is 17.2. The van der Waals surface area contributed by atoms with E-state index in [-0.39, 0.29) is 12.1 Å². The molecule has 0 saturated heterocycles. The molecule has 0 spiro atoms. The average Bonchev–Trinajstić information content (AvgIpc) is 3.44. The van der Waals surface area contributed by atoms with Crippen molar-refractivity contribution in [1.29, 1.82) is 0 Å². The van der Waals surface area contributed by atoms with Crippen LogP contribution in [0.15, 0.2) is 36.0 Å². The molecule has 0 aliphatic heterocycles. The summed E-state index contributed by atoms with van der Waals surface area (Å²) in [5.41, 5.74) is 2.43. The summed E-state index contributed by atoms with van der Waals surface area (Å²) in [6, 6.07) is 0. The molecule has 4 rings (SSSR count). The zero-order chi connectivity index (χ0) is 35.3. The summed E-state index contributed by atoms with van der Waals surface area (Å²) in [6.07, 6.45) is 41.4. The zero-order valence-electron chi connectivity index (χ0n) is 33.6. The molecule has 0 aromatic rings. The number of carbonyl (C=O) groups is 1. The minimum absolute atomic E-state index is 0.0489. The van der Waals surface area contributed by atoms with Crippen LogP contribution in [0.3, 0.4) is 0 Å². The highest BCUT2D eigenvalue weighted by Gasteiger charge is 2.59. The predicted molar refractivity (Wildman–Crippen MR) is 211 cm³/mol. The highest BCUT2D eigenvalue weighted by Crippen LogP contribution is 2.67. The molecule has 0 aromatic heterocycles. The second-order valence-electron chi connectivity index (χ2n) is 18.2. The van der Waals surface area contributed by atoms with Gasteiger partial charge in [-0.1, -0.05) is 136 Å². The van der Waals surface area contributed by atoms with Gasteiger partial charge in [-0.25, -0.2) is 0 Å². The normalized spacial score (nSPS) is 32.6. The summed E-state index contributed by atoms with van der Waals surface area (Å²) in [4.78, 5) is 12.8. The van der Waals surface area contributed by atoms with Gasteiger partial charge in [0.1, 0.15) is 6.10 Å². The highest BCUT2D eigenvalue weighted by molar-refractivity contribution is 5.69. The largest absolute Gasteiger partial charge is 0.462 e. The van der Waals surface area contributed by atoms with Gasteiger partial charge in [-0.2, -0.15) is 0 Å². The van der Waals surface area contributed by atoms with Gasteiger partial charge in [0.2, 0.25) is 0 Å². The Morgan fingerprint density at radius 1 is 0.816 bits per heavy atom. The average molecular weight is 677 g/mol. The number of unbranched alkanes of at least 4 members (excludes halogenated alkanes) is 11. The first-order chi connectivity index (χ1) is 23.6. The first-order valence-corrected chi connectivity index (χ1v) is 21.9. The SMILES string of the molecule is CCCCCCCC/C=C/CCCCCCCC(=O)O[C@H]1CC[C@@]2(C)C(=CC[C@H]3[C@@H]4CC[C@H]([C@H](C)/C=C/[C@@H](CC)C(C)C)[C@@]4(C)CC[C@@H]32)C1. The molecule has 2 heteroatoms. The van der Waals surface area contributed by atoms with E-state index in [0.29, 0.717) is 29.1 Å². The van der Waals surface area contributed by atoms with Crippen molar-refractivity contribution in [3.8, 4) is 0 Å². The lowest BCUT2D eigenvalue weighted by molar-refractivity contribution is -0.151. The van der Waals surface area contributed by atoms with Crippen molar-refractivity contribution in [2.24, 2.45) is 52.3 Å². The molecule has 3 saturated carbocycles. The third-order valence-corrected chi connectivity index (χ3v) is 14.7. The van der Waals surface area contributed by atoms with Gasteiger partial charge in [0.05, 0.1) is 0 Å². The van der Waals surface area contributed by atoms with Crippen LogP contribution in [0, 0.1) is 52.3 Å².